The fourth-order valence-electron chi connectivity index (χ4n) is 16.6. The van der Waals surface area contributed by atoms with E-state index in [1.54, 1.807) is 25.7 Å². The zero-order valence-electron chi connectivity index (χ0n) is 62.4. The van der Waals surface area contributed by atoms with Crippen molar-refractivity contribution in [1.82, 2.24) is 60.0 Å². The van der Waals surface area contributed by atoms with Crippen LogP contribution in [0.15, 0.2) is 0 Å². The lowest BCUT2D eigenvalue weighted by Gasteiger charge is -2.46. The Balaban J connectivity index is 1.28. The first-order valence-corrected chi connectivity index (χ1v) is 38.1. The number of likely N-dealkylation sites (tertiary alicyclic amines) is 1. The number of nitrogens with zero attached hydrogens (tertiary/aromatic N) is 9. The first-order valence-electron chi connectivity index (χ1n) is 37.7. The van der Waals surface area contributed by atoms with Crippen LogP contribution in [0.5, 0.6) is 0 Å². The molecule has 0 radical (unpaired) electrons. The molecule has 3 aliphatic carbocycles. The number of carbonyl (C=O) groups excluding carboxylic acids is 12. The summed E-state index contributed by atoms with van der Waals surface area (Å²) in [5.41, 5.74) is -1.56. The molecule has 4 heterocycles. The Morgan fingerprint density at radius 2 is 1.22 bits per heavy atom. The first-order chi connectivity index (χ1) is 47.5. The van der Waals surface area contributed by atoms with Crippen LogP contribution in [0, 0.1) is 35.5 Å². The van der Waals surface area contributed by atoms with Gasteiger partial charge >= 0.3 is 6.18 Å². The number of carbonyl (C=O) groups is 12. The molecule has 3 saturated carbocycles. The normalized spacial score (nSPS) is 30.8. The summed E-state index contributed by atoms with van der Waals surface area (Å²) in [4.78, 5) is 192. The van der Waals surface area contributed by atoms with Crippen LogP contribution in [-0.2, 0) is 57.5 Å². The lowest BCUT2D eigenvalue weighted by molar-refractivity contribution is -0.182. The third-order valence-electron chi connectivity index (χ3n) is 23.6. The number of rotatable bonds is 12. The molecule has 0 bridgehead atoms. The van der Waals surface area contributed by atoms with E-state index in [4.69, 9.17) is 11.6 Å². The SMILES string of the molecule is CC[C@H](C)[C@@H]1NC(=O)[C@H](C)N(C)C(=O)C[C@@H](C(=O)N2CCCCC2)N(C)C(=O)[C@H](C(C)C)N(C)C(=O)C2(CCCC2)NC(=O)[C@@H]2CCCN2C(=O)[C@H](CCC2CCC(C(F)(F)F)C(Cl)C2)NC(=O)CN(C)C(=O)[C@H](CC2CCCCC2)N(C)C(=O)[C@@H]2CCN2C(=O)[C@H](CCC(C)C)N(C)C1=O. The van der Waals surface area contributed by atoms with E-state index in [2.05, 4.69) is 16.0 Å². The number of hydrogen-bond acceptors (Lipinski definition) is 12. The van der Waals surface area contributed by atoms with Crippen LogP contribution in [0.2, 0.25) is 0 Å². The van der Waals surface area contributed by atoms with Crippen molar-refractivity contribution in [1.29, 1.82) is 0 Å². The Bertz CT molecular complexity index is 2960. The van der Waals surface area contributed by atoms with Gasteiger partial charge in [-0.15, -0.1) is 11.6 Å². The summed E-state index contributed by atoms with van der Waals surface area (Å²) < 4.78 is 42.1. The van der Waals surface area contributed by atoms with E-state index in [0.717, 1.165) is 38.5 Å². The van der Waals surface area contributed by atoms with Crippen molar-refractivity contribution in [3.8, 4) is 0 Å². The van der Waals surface area contributed by atoms with Gasteiger partial charge in [-0.2, -0.15) is 13.2 Å². The standard InChI is InChI=1S/C73H118ClF3N12O12/c1-14-46(6)60-69(99)83(10)54(32-27-44(2)3)68(98)89-39-33-55(89)66(96)84(11)56(41-48-24-17-15-18-25-48)65(95)81(8)43-58(90)78-52(31-29-49-28-30-50(51(74)40-49)73(75,76)77)64(94)88-38-23-26-53(88)63(93)80-72(34-19-20-35-72)71(101)86(13)61(45(4)5)70(100)85(12)57(67(97)87-36-21-16-22-37-87)42-59(91)82(9)47(7)62(92)79-60/h44-57,60-61H,14-43H2,1-13H3,(H,78,90)(H,79,92)(H,80,93)/t46-,47-,49?,50?,51?,52-,53-,54-,55-,56-,57-,60-,61-/m0/s1. The van der Waals surface area contributed by atoms with Gasteiger partial charge in [-0.3, -0.25) is 57.5 Å². The minimum atomic E-state index is -4.51. The van der Waals surface area contributed by atoms with Crippen LogP contribution in [-0.4, -0.2) is 261 Å². The number of likely N-dealkylation sites (N-methyl/N-ethyl adjacent to an activating group) is 6. The largest absolute Gasteiger partial charge is 0.393 e. The smallest absolute Gasteiger partial charge is 0.343 e. The molecule has 4 aliphatic heterocycles. The van der Waals surface area contributed by atoms with E-state index in [0.29, 0.717) is 58.0 Å². The Hall–Kier alpha value is -6.28. The molecule has 24 nitrogen and oxygen atoms in total. The van der Waals surface area contributed by atoms with Crippen molar-refractivity contribution in [3.05, 3.63) is 0 Å². The molecule has 7 aliphatic rings. The molecule has 4 saturated heterocycles. The van der Waals surface area contributed by atoms with Gasteiger partial charge in [0.05, 0.1) is 18.9 Å². The Morgan fingerprint density at radius 3 is 1.80 bits per heavy atom. The van der Waals surface area contributed by atoms with Gasteiger partial charge < -0.3 is 60.0 Å². The molecule has 7 rings (SSSR count). The van der Waals surface area contributed by atoms with Crippen molar-refractivity contribution in [2.45, 2.75) is 280 Å². The number of halogens is 4. The molecule has 101 heavy (non-hydrogen) atoms. The number of amides is 12. The molecule has 1 spiro atoms. The molecule has 0 aromatic heterocycles. The molecule has 3 N–H and O–H groups in total. The van der Waals surface area contributed by atoms with Crippen LogP contribution in [0.1, 0.15) is 209 Å². The topological polar surface area (TPSA) is 270 Å². The fourth-order valence-corrected chi connectivity index (χ4v) is 17.1. The highest BCUT2D eigenvalue weighted by molar-refractivity contribution is 6.21. The molecule has 3 unspecified atom stereocenters. The summed E-state index contributed by atoms with van der Waals surface area (Å²) in [5, 5.41) is 7.58. The highest BCUT2D eigenvalue weighted by Crippen LogP contribution is 2.44. The molecular formula is C73H118ClF3N12O12. The first kappa shape index (κ1) is 82.0. The van der Waals surface area contributed by atoms with E-state index in [9.17, 15) is 32.3 Å². The molecular weight excluding hydrogens is 1330 g/mol. The average molecular weight is 1450 g/mol. The Kier molecular flexibility index (Phi) is 29.2. The lowest BCUT2D eigenvalue weighted by Crippen LogP contribution is -2.65. The van der Waals surface area contributed by atoms with Gasteiger partial charge in [-0.25, -0.2) is 0 Å². The summed E-state index contributed by atoms with van der Waals surface area (Å²) in [6.07, 6.45) is 5.17. The van der Waals surface area contributed by atoms with Crippen molar-refractivity contribution in [2.75, 3.05) is 75.0 Å². The van der Waals surface area contributed by atoms with Crippen LogP contribution in [0.25, 0.3) is 0 Å². The molecule has 570 valence electrons. The van der Waals surface area contributed by atoms with Crippen molar-refractivity contribution in [3.63, 3.8) is 0 Å². The minimum Gasteiger partial charge on any atom is -0.343 e. The number of piperidine rings is 1. The summed E-state index contributed by atoms with van der Waals surface area (Å²) in [6, 6.07) is -10.8. The van der Waals surface area contributed by atoms with E-state index in [1.807, 2.05) is 20.8 Å². The predicted molar refractivity (Wildman–Crippen MR) is 375 cm³/mol. The third kappa shape index (κ3) is 19.8. The van der Waals surface area contributed by atoms with Gasteiger partial charge in [-0.05, 0) is 139 Å². The van der Waals surface area contributed by atoms with Gasteiger partial charge in [0.25, 0.3) is 0 Å². The molecule has 7 fully saturated rings. The van der Waals surface area contributed by atoms with E-state index in [1.165, 1.54) is 88.4 Å². The monoisotopic (exact) mass is 1450 g/mol. The molecule has 12 amide bonds. The summed E-state index contributed by atoms with van der Waals surface area (Å²) in [6.45, 7) is 13.0. The van der Waals surface area contributed by atoms with Gasteiger partial charge in [0, 0.05) is 73.8 Å². The van der Waals surface area contributed by atoms with Crippen LogP contribution < -0.4 is 16.0 Å². The van der Waals surface area contributed by atoms with Crippen LogP contribution >= 0.6 is 11.6 Å². The second kappa shape index (κ2) is 35.9. The molecule has 0 aromatic rings. The Morgan fingerprint density at radius 1 is 0.594 bits per heavy atom. The van der Waals surface area contributed by atoms with Crippen molar-refractivity contribution in [2.24, 2.45) is 35.5 Å². The van der Waals surface area contributed by atoms with Crippen molar-refractivity contribution < 1.29 is 70.7 Å². The number of nitrogens with one attached hydrogen (secondary N) is 3. The number of hydrogen-bond donors (Lipinski definition) is 3. The fraction of sp³-hybridized carbons (Fsp3) is 0.836. The molecule has 28 heteroatoms. The van der Waals surface area contributed by atoms with E-state index < -0.39 is 173 Å². The maximum Gasteiger partial charge on any atom is 0.393 e. The molecule has 13 atom stereocenters. The summed E-state index contributed by atoms with van der Waals surface area (Å²) >= 11 is 6.41. The van der Waals surface area contributed by atoms with Crippen LogP contribution in [0.4, 0.5) is 13.2 Å². The zero-order chi connectivity index (χ0) is 74.7. The molecule has 0 aromatic carbocycles. The zero-order valence-corrected chi connectivity index (χ0v) is 63.1. The van der Waals surface area contributed by atoms with Gasteiger partial charge in [-0.1, -0.05) is 92.9 Å². The second-order valence-electron chi connectivity index (χ2n) is 31.4. The quantitative estimate of drug-likeness (QED) is 0.177. The van der Waals surface area contributed by atoms with Gasteiger partial charge in [0.2, 0.25) is 70.9 Å². The highest BCUT2D eigenvalue weighted by atomic mass is 35.5. The predicted octanol–water partition coefficient (Wildman–Crippen LogP) is 6.48. The Labute approximate surface area is 601 Å². The second-order valence-corrected chi connectivity index (χ2v) is 32.0. The van der Waals surface area contributed by atoms with Crippen molar-refractivity contribution >= 4 is 82.5 Å². The summed E-state index contributed by atoms with van der Waals surface area (Å²) in [7, 11) is 8.70. The minimum absolute atomic E-state index is 0.00112. The number of alkyl halides is 4. The van der Waals surface area contributed by atoms with Gasteiger partial charge in [0.15, 0.2) is 0 Å². The van der Waals surface area contributed by atoms with Crippen LogP contribution in [0.3, 0.4) is 0 Å². The maximum atomic E-state index is 15.4. The van der Waals surface area contributed by atoms with E-state index in [-0.39, 0.29) is 101 Å². The maximum absolute atomic E-state index is 15.4. The third-order valence-corrected chi connectivity index (χ3v) is 24.1. The highest BCUT2D eigenvalue weighted by Gasteiger charge is 2.52. The van der Waals surface area contributed by atoms with Gasteiger partial charge in [0.1, 0.15) is 59.9 Å². The van der Waals surface area contributed by atoms with E-state index >= 15 is 38.4 Å². The average Bonchev–Trinajstić information content (AvgIpc) is 1.73. The lowest BCUT2D eigenvalue weighted by atomic mass is 9.78. The number of fused-ring (bicyclic) bond motifs is 2. The summed E-state index contributed by atoms with van der Waals surface area (Å²) in [5.74, 6) is -10.4.